The van der Waals surface area contributed by atoms with Gasteiger partial charge in [-0.25, -0.2) is 13.4 Å². The SMILES string of the molecule is COc1ccc(S(=O)(=O)N2CCC[C@H](C(=O)N3CCC[C@@H]3c3nc4ccccc4s3)C2)cc1. The Morgan fingerprint density at radius 3 is 2.58 bits per heavy atom. The highest BCUT2D eigenvalue weighted by atomic mass is 32.2. The van der Waals surface area contributed by atoms with Crippen LogP contribution in [-0.2, 0) is 14.8 Å². The fourth-order valence-corrected chi connectivity index (χ4v) is 7.45. The number of piperidine rings is 1. The minimum atomic E-state index is -3.66. The molecule has 3 heterocycles. The number of likely N-dealkylation sites (tertiary alicyclic amines) is 1. The molecule has 0 N–H and O–H groups in total. The lowest BCUT2D eigenvalue weighted by atomic mass is 9.97. The Balaban J connectivity index is 1.33. The molecule has 1 amide bonds. The summed E-state index contributed by atoms with van der Waals surface area (Å²) in [7, 11) is -2.12. The smallest absolute Gasteiger partial charge is 0.243 e. The standard InChI is InChI=1S/C24H27N3O4S2/c1-31-18-10-12-19(13-11-18)33(29,30)26-14-4-6-17(16-26)24(28)27-15-5-8-21(27)23-25-20-7-2-3-9-22(20)32-23/h2-3,7,9-13,17,21H,4-6,8,14-16H2,1H3/t17-,21+/m0/s1. The summed E-state index contributed by atoms with van der Waals surface area (Å²) in [6, 6.07) is 14.4. The lowest BCUT2D eigenvalue weighted by Gasteiger charge is -2.34. The molecule has 1 aromatic heterocycles. The molecule has 0 unspecified atom stereocenters. The number of thiazole rings is 1. The highest BCUT2D eigenvalue weighted by molar-refractivity contribution is 7.89. The number of aromatic nitrogens is 1. The second kappa shape index (κ2) is 9.04. The first-order valence-electron chi connectivity index (χ1n) is 11.3. The number of carbonyl (C=O) groups is 1. The molecule has 2 aliphatic heterocycles. The Kier molecular flexibility index (Phi) is 6.11. The maximum atomic E-state index is 13.6. The summed E-state index contributed by atoms with van der Waals surface area (Å²) < 4.78 is 34.2. The third-order valence-corrected chi connectivity index (χ3v) is 9.58. The van der Waals surface area contributed by atoms with Crippen LogP contribution < -0.4 is 4.74 Å². The van der Waals surface area contributed by atoms with E-state index in [1.165, 1.54) is 4.31 Å². The van der Waals surface area contributed by atoms with E-state index in [4.69, 9.17) is 9.72 Å². The van der Waals surface area contributed by atoms with Gasteiger partial charge in [-0.2, -0.15) is 4.31 Å². The van der Waals surface area contributed by atoms with Crippen molar-refractivity contribution < 1.29 is 17.9 Å². The molecule has 7 nitrogen and oxygen atoms in total. The van der Waals surface area contributed by atoms with Gasteiger partial charge in [-0.1, -0.05) is 12.1 Å². The highest BCUT2D eigenvalue weighted by Gasteiger charge is 2.39. The maximum Gasteiger partial charge on any atom is 0.243 e. The molecule has 174 valence electrons. The molecule has 2 aliphatic rings. The van der Waals surface area contributed by atoms with Crippen LogP contribution >= 0.6 is 11.3 Å². The molecule has 2 fully saturated rings. The van der Waals surface area contributed by atoms with Gasteiger partial charge in [-0.15, -0.1) is 11.3 Å². The van der Waals surface area contributed by atoms with Crippen LogP contribution in [0.4, 0.5) is 0 Å². The summed E-state index contributed by atoms with van der Waals surface area (Å²) in [5.41, 5.74) is 0.964. The largest absolute Gasteiger partial charge is 0.497 e. The summed E-state index contributed by atoms with van der Waals surface area (Å²) >= 11 is 1.65. The summed E-state index contributed by atoms with van der Waals surface area (Å²) in [5, 5.41) is 0.973. The van der Waals surface area contributed by atoms with Gasteiger partial charge in [0.25, 0.3) is 0 Å². The number of amides is 1. The zero-order chi connectivity index (χ0) is 23.0. The van der Waals surface area contributed by atoms with Gasteiger partial charge in [0, 0.05) is 19.6 Å². The zero-order valence-corrected chi connectivity index (χ0v) is 20.1. The van der Waals surface area contributed by atoms with Crippen molar-refractivity contribution in [2.24, 2.45) is 5.92 Å². The number of para-hydroxylation sites is 1. The van der Waals surface area contributed by atoms with Crippen molar-refractivity contribution in [2.75, 3.05) is 26.7 Å². The fourth-order valence-electron chi connectivity index (χ4n) is 4.81. The molecule has 0 saturated carbocycles. The number of hydrogen-bond donors (Lipinski definition) is 0. The molecule has 2 saturated heterocycles. The lowest BCUT2D eigenvalue weighted by molar-refractivity contribution is -0.137. The van der Waals surface area contributed by atoms with Crippen molar-refractivity contribution >= 4 is 37.5 Å². The number of nitrogens with zero attached hydrogens (tertiary/aromatic N) is 3. The van der Waals surface area contributed by atoms with E-state index in [1.54, 1.807) is 42.7 Å². The Labute approximate surface area is 198 Å². The van der Waals surface area contributed by atoms with Crippen molar-refractivity contribution in [3.63, 3.8) is 0 Å². The Morgan fingerprint density at radius 1 is 1.06 bits per heavy atom. The molecule has 0 spiro atoms. The van der Waals surface area contributed by atoms with E-state index in [2.05, 4.69) is 6.07 Å². The Bertz CT molecular complexity index is 1220. The molecule has 3 aromatic rings. The van der Waals surface area contributed by atoms with Gasteiger partial charge in [0.05, 0.1) is 34.2 Å². The van der Waals surface area contributed by atoms with Gasteiger partial charge in [-0.3, -0.25) is 4.79 Å². The van der Waals surface area contributed by atoms with Gasteiger partial charge in [0.2, 0.25) is 15.9 Å². The summed E-state index contributed by atoms with van der Waals surface area (Å²) in [6.07, 6.45) is 3.21. The fraction of sp³-hybridized carbons (Fsp3) is 0.417. The molecule has 33 heavy (non-hydrogen) atoms. The second-order valence-corrected chi connectivity index (χ2v) is 11.6. The van der Waals surface area contributed by atoms with Crippen LogP contribution in [0.3, 0.4) is 0 Å². The molecule has 9 heteroatoms. The molecule has 5 rings (SSSR count). The number of carbonyl (C=O) groups excluding carboxylic acids is 1. The van der Waals surface area contributed by atoms with Crippen molar-refractivity contribution in [1.29, 1.82) is 0 Å². The second-order valence-electron chi connectivity index (χ2n) is 8.59. The predicted octanol–water partition coefficient (Wildman–Crippen LogP) is 4.07. The normalized spacial score (nSPS) is 22.0. The summed E-state index contributed by atoms with van der Waals surface area (Å²) in [4.78, 5) is 20.5. The predicted molar refractivity (Wildman–Crippen MR) is 128 cm³/mol. The van der Waals surface area contributed by atoms with E-state index >= 15 is 0 Å². The topological polar surface area (TPSA) is 79.8 Å². The van der Waals surface area contributed by atoms with Gasteiger partial charge < -0.3 is 9.64 Å². The number of hydrogen-bond acceptors (Lipinski definition) is 6. The zero-order valence-electron chi connectivity index (χ0n) is 18.5. The lowest BCUT2D eigenvalue weighted by Crippen LogP contribution is -2.46. The monoisotopic (exact) mass is 485 g/mol. The Morgan fingerprint density at radius 2 is 1.82 bits per heavy atom. The first-order valence-corrected chi connectivity index (χ1v) is 13.5. The number of sulfonamides is 1. The van der Waals surface area contributed by atoms with Crippen LogP contribution in [0.1, 0.15) is 36.7 Å². The third kappa shape index (κ3) is 4.25. The minimum absolute atomic E-state index is 0.0246. The average Bonchev–Trinajstić information content (AvgIpc) is 3.50. The first-order chi connectivity index (χ1) is 16.0. The first kappa shape index (κ1) is 22.3. The van der Waals surface area contributed by atoms with Gasteiger partial charge in [0.1, 0.15) is 10.8 Å². The number of methoxy groups -OCH3 is 1. The van der Waals surface area contributed by atoms with Crippen molar-refractivity contribution in [1.82, 2.24) is 14.2 Å². The van der Waals surface area contributed by atoms with Crippen LogP contribution in [0, 0.1) is 5.92 Å². The molecular weight excluding hydrogens is 458 g/mol. The molecular formula is C24H27N3O4S2. The van der Waals surface area contributed by atoms with Crippen LogP contribution in [0.5, 0.6) is 5.75 Å². The average molecular weight is 486 g/mol. The number of rotatable bonds is 5. The van der Waals surface area contributed by atoms with E-state index in [0.717, 1.165) is 28.1 Å². The number of benzene rings is 2. The van der Waals surface area contributed by atoms with Crippen LogP contribution in [-0.4, -0.2) is 55.3 Å². The molecule has 0 aliphatic carbocycles. The summed E-state index contributed by atoms with van der Waals surface area (Å²) in [5.74, 6) is 0.323. The number of ether oxygens (including phenoxy) is 1. The number of fused-ring (bicyclic) bond motifs is 1. The van der Waals surface area contributed by atoms with Crippen LogP contribution in [0.25, 0.3) is 10.2 Å². The van der Waals surface area contributed by atoms with Gasteiger partial charge in [0.15, 0.2) is 0 Å². The van der Waals surface area contributed by atoms with Gasteiger partial charge >= 0.3 is 0 Å². The van der Waals surface area contributed by atoms with Crippen LogP contribution in [0.2, 0.25) is 0 Å². The van der Waals surface area contributed by atoms with Crippen molar-refractivity contribution in [3.05, 3.63) is 53.5 Å². The molecule has 2 aromatic carbocycles. The molecule has 0 radical (unpaired) electrons. The maximum absolute atomic E-state index is 13.6. The van der Waals surface area contributed by atoms with Crippen molar-refractivity contribution in [3.8, 4) is 5.75 Å². The van der Waals surface area contributed by atoms with E-state index < -0.39 is 10.0 Å². The quantitative estimate of drug-likeness (QED) is 0.544. The highest BCUT2D eigenvalue weighted by Crippen LogP contribution is 2.38. The van der Waals surface area contributed by atoms with Crippen molar-refractivity contribution in [2.45, 2.75) is 36.6 Å². The minimum Gasteiger partial charge on any atom is -0.497 e. The Hall–Kier alpha value is -2.49. The molecule has 0 bridgehead atoms. The van der Waals surface area contributed by atoms with E-state index in [9.17, 15) is 13.2 Å². The molecule has 2 atom stereocenters. The van der Waals surface area contributed by atoms with E-state index in [1.807, 2.05) is 23.1 Å². The van der Waals surface area contributed by atoms with Gasteiger partial charge in [-0.05, 0) is 62.1 Å². The van der Waals surface area contributed by atoms with E-state index in [-0.39, 0.29) is 29.3 Å². The third-order valence-electron chi connectivity index (χ3n) is 6.56. The summed E-state index contributed by atoms with van der Waals surface area (Å²) in [6.45, 7) is 1.34. The van der Waals surface area contributed by atoms with Crippen LogP contribution in [0.15, 0.2) is 53.4 Å². The van der Waals surface area contributed by atoms with E-state index in [0.29, 0.717) is 31.7 Å².